The van der Waals surface area contributed by atoms with E-state index >= 15 is 0 Å². The van der Waals surface area contributed by atoms with Gasteiger partial charge in [-0.25, -0.2) is 0 Å². The molecule has 0 spiro atoms. The van der Waals surface area contributed by atoms with Crippen LogP contribution in [0, 0.1) is 5.92 Å². The van der Waals surface area contributed by atoms with Gasteiger partial charge in [-0.3, -0.25) is 39.1 Å². The quantitative estimate of drug-likeness (QED) is 0.320. The second kappa shape index (κ2) is 9.62. The molecule has 2 aliphatic carbocycles. The van der Waals surface area contributed by atoms with Crippen LogP contribution in [0.25, 0.3) is 22.2 Å². The van der Waals surface area contributed by atoms with Crippen molar-refractivity contribution >= 4 is 40.2 Å². The fourth-order valence-corrected chi connectivity index (χ4v) is 6.78. The van der Waals surface area contributed by atoms with Gasteiger partial charge in [0.05, 0.1) is 34.1 Å². The maximum Gasteiger partial charge on any atom is 0.262 e. The lowest BCUT2D eigenvalue weighted by atomic mass is 9.80. The van der Waals surface area contributed by atoms with Crippen LogP contribution in [-0.2, 0) is 16.6 Å². The molecule has 5 heterocycles. The molecule has 0 bridgehead atoms. The molecular weight excluding hydrogens is 546 g/mol. The van der Waals surface area contributed by atoms with Gasteiger partial charge in [-0.05, 0) is 68.4 Å². The van der Waals surface area contributed by atoms with E-state index in [9.17, 15) is 19.2 Å². The highest BCUT2D eigenvalue weighted by Crippen LogP contribution is 2.46. The highest BCUT2D eigenvalue weighted by molar-refractivity contribution is 6.23. The number of piperidine rings is 1. The summed E-state index contributed by atoms with van der Waals surface area (Å²) in [5.74, 6) is -1.03. The third kappa shape index (κ3) is 4.25. The van der Waals surface area contributed by atoms with E-state index in [4.69, 9.17) is 10.1 Å². The fraction of sp³-hybridized carbons (Fsp3) is 0.375. The minimum atomic E-state index is -0.965. The van der Waals surface area contributed by atoms with Crippen molar-refractivity contribution in [1.82, 2.24) is 29.5 Å². The molecule has 2 saturated carbocycles. The second-order valence-corrected chi connectivity index (χ2v) is 12.3. The molecule has 1 saturated heterocycles. The van der Waals surface area contributed by atoms with Gasteiger partial charge in [0.25, 0.3) is 11.8 Å². The predicted molar refractivity (Wildman–Crippen MR) is 157 cm³/mol. The molecule has 4 aromatic rings. The first-order chi connectivity index (χ1) is 20.9. The number of nitrogens with zero attached hydrogens (tertiary/aromatic N) is 5. The highest BCUT2D eigenvalue weighted by Gasteiger charge is 2.44. The normalized spacial score (nSPS) is 23.5. The van der Waals surface area contributed by atoms with E-state index in [0.29, 0.717) is 17.9 Å². The van der Waals surface area contributed by atoms with Crippen molar-refractivity contribution in [3.8, 4) is 11.3 Å². The van der Waals surface area contributed by atoms with Gasteiger partial charge >= 0.3 is 0 Å². The number of fused-ring (bicyclic) bond motifs is 2. The molecule has 218 valence electrons. The van der Waals surface area contributed by atoms with E-state index < -0.39 is 23.8 Å². The van der Waals surface area contributed by atoms with Crippen molar-refractivity contribution < 1.29 is 19.2 Å². The second-order valence-electron chi connectivity index (χ2n) is 12.3. The number of anilines is 1. The Morgan fingerprint density at radius 3 is 2.58 bits per heavy atom. The lowest BCUT2D eigenvalue weighted by molar-refractivity contribution is -0.136. The first-order valence-electron chi connectivity index (χ1n) is 14.9. The van der Waals surface area contributed by atoms with Crippen LogP contribution in [0.2, 0.25) is 0 Å². The van der Waals surface area contributed by atoms with Gasteiger partial charge in [-0.2, -0.15) is 5.10 Å². The third-order valence-electron chi connectivity index (χ3n) is 9.41. The summed E-state index contributed by atoms with van der Waals surface area (Å²) in [6.45, 7) is 0.739. The van der Waals surface area contributed by atoms with Gasteiger partial charge in [0.15, 0.2) is 0 Å². The predicted octanol–water partition coefficient (Wildman–Crippen LogP) is 3.78. The molecule has 4 aliphatic rings. The van der Waals surface area contributed by atoms with E-state index in [-0.39, 0.29) is 29.9 Å². The zero-order chi connectivity index (χ0) is 29.4. The van der Waals surface area contributed by atoms with E-state index in [1.54, 1.807) is 18.2 Å². The Kier molecular flexibility index (Phi) is 5.79. The van der Waals surface area contributed by atoms with Gasteiger partial charge < -0.3 is 9.88 Å². The molecule has 1 aromatic carbocycles. The largest absolute Gasteiger partial charge is 0.385 e. The number of hydrogen-bond donors (Lipinski definition) is 2. The summed E-state index contributed by atoms with van der Waals surface area (Å²) in [6.07, 6.45) is 10.7. The average molecular weight is 578 g/mol. The molecule has 4 amide bonds. The zero-order valence-corrected chi connectivity index (χ0v) is 23.7. The van der Waals surface area contributed by atoms with E-state index in [0.717, 1.165) is 57.8 Å². The highest BCUT2D eigenvalue weighted by atomic mass is 16.2. The van der Waals surface area contributed by atoms with Crippen LogP contribution in [0.4, 0.5) is 5.69 Å². The fourth-order valence-electron chi connectivity index (χ4n) is 6.78. The Morgan fingerprint density at radius 1 is 0.977 bits per heavy atom. The number of imide groups is 2. The number of aryl methyl sites for hydroxylation is 1. The maximum absolute atomic E-state index is 13.1. The third-order valence-corrected chi connectivity index (χ3v) is 9.41. The molecular formula is C32H31N7O4. The van der Waals surface area contributed by atoms with Crippen LogP contribution in [-0.4, -0.2) is 60.4 Å². The summed E-state index contributed by atoms with van der Waals surface area (Å²) in [5, 5.41) is 11.9. The molecule has 11 heteroatoms. The Bertz CT molecular complexity index is 1850. The lowest BCUT2D eigenvalue weighted by Crippen LogP contribution is -2.54. The first kappa shape index (κ1) is 25.9. The van der Waals surface area contributed by atoms with Crippen molar-refractivity contribution in [3.05, 3.63) is 65.7 Å². The smallest absolute Gasteiger partial charge is 0.262 e. The number of hydrogen-bond acceptors (Lipinski definition) is 7. The first-order valence-corrected chi connectivity index (χ1v) is 14.9. The summed E-state index contributed by atoms with van der Waals surface area (Å²) >= 11 is 0. The number of benzene rings is 1. The molecule has 43 heavy (non-hydrogen) atoms. The zero-order valence-electron chi connectivity index (χ0n) is 23.7. The van der Waals surface area contributed by atoms with Gasteiger partial charge in [-0.15, -0.1) is 0 Å². The van der Waals surface area contributed by atoms with Crippen molar-refractivity contribution in [1.29, 1.82) is 0 Å². The molecule has 3 aromatic heterocycles. The van der Waals surface area contributed by atoms with Crippen LogP contribution in [0.5, 0.6) is 0 Å². The van der Waals surface area contributed by atoms with Crippen molar-refractivity contribution in [2.45, 2.75) is 56.5 Å². The number of amides is 4. The molecule has 3 fully saturated rings. The molecule has 8 rings (SSSR count). The van der Waals surface area contributed by atoms with Crippen LogP contribution in [0.3, 0.4) is 0 Å². The lowest BCUT2D eigenvalue weighted by Gasteiger charge is -2.35. The number of rotatable bonds is 7. The summed E-state index contributed by atoms with van der Waals surface area (Å²) in [7, 11) is 2.05. The topological polar surface area (TPSA) is 131 Å². The molecule has 2 N–H and O–H groups in total. The SMILES string of the molecule is Cn1ccc2c(-c3cn(C4CC(CNc5ccc6c(c5)C(=O)N(C5CCC(=O)NC5=O)C6=O)C4)nc3C3CC3)nccc21. The van der Waals surface area contributed by atoms with Crippen LogP contribution in [0.15, 0.2) is 48.9 Å². The van der Waals surface area contributed by atoms with Crippen LogP contribution < -0.4 is 10.6 Å². The van der Waals surface area contributed by atoms with Crippen LogP contribution >= 0.6 is 0 Å². The minimum absolute atomic E-state index is 0.0980. The van der Waals surface area contributed by atoms with Crippen LogP contribution in [0.1, 0.15) is 76.9 Å². The number of carbonyl (C=O) groups excluding carboxylic acids is 4. The Labute approximate surface area is 247 Å². The Hall–Kier alpha value is -4.80. The summed E-state index contributed by atoms with van der Waals surface area (Å²) in [6, 6.07) is 8.67. The van der Waals surface area contributed by atoms with E-state index in [2.05, 4.69) is 45.4 Å². The number of aromatic nitrogens is 4. The number of carbonyl (C=O) groups is 4. The molecule has 1 unspecified atom stereocenters. The molecule has 1 atom stereocenters. The maximum atomic E-state index is 13.1. The minimum Gasteiger partial charge on any atom is -0.385 e. The standard InChI is InChI=1S/C32H31N7O4/c1-37-11-9-22-25(37)8-10-33-29(22)24-16-38(36-28(24)18-2-3-18)20-12-17(13-20)15-34-19-4-5-21-23(14-19)32(43)39(31(21)42)26-6-7-27(40)35-30(26)41/h4-5,8-11,14,16-18,20,26,34H,2-3,6-7,12-13,15H2,1H3,(H,35,40,41). The van der Waals surface area contributed by atoms with Gasteiger partial charge in [0.1, 0.15) is 6.04 Å². The summed E-state index contributed by atoms with van der Waals surface area (Å²) in [5.41, 5.74) is 5.79. The molecule has 0 radical (unpaired) electrons. The Morgan fingerprint density at radius 2 is 1.79 bits per heavy atom. The Balaban J connectivity index is 0.935. The average Bonchev–Trinajstić information content (AvgIpc) is 3.55. The summed E-state index contributed by atoms with van der Waals surface area (Å²) in [4.78, 5) is 55.7. The van der Waals surface area contributed by atoms with Crippen molar-refractivity contribution in [2.24, 2.45) is 13.0 Å². The number of pyridine rings is 1. The van der Waals surface area contributed by atoms with Crippen molar-refractivity contribution in [3.63, 3.8) is 0 Å². The molecule has 11 nitrogen and oxygen atoms in total. The summed E-state index contributed by atoms with van der Waals surface area (Å²) < 4.78 is 4.26. The van der Waals surface area contributed by atoms with Gasteiger partial charge in [-0.1, -0.05) is 0 Å². The molecule has 2 aliphatic heterocycles. The van der Waals surface area contributed by atoms with Gasteiger partial charge in [0.2, 0.25) is 11.8 Å². The van der Waals surface area contributed by atoms with Gasteiger partial charge in [0, 0.05) is 61.2 Å². The van der Waals surface area contributed by atoms with Crippen molar-refractivity contribution in [2.75, 3.05) is 11.9 Å². The number of nitrogens with one attached hydrogen (secondary N) is 2. The monoisotopic (exact) mass is 577 g/mol. The van der Waals surface area contributed by atoms with E-state index in [1.807, 2.05) is 12.3 Å². The van der Waals surface area contributed by atoms with E-state index in [1.165, 1.54) is 12.8 Å².